The minimum atomic E-state index is 0.609. The van der Waals surface area contributed by atoms with Crippen LogP contribution in [0.5, 0.6) is 0 Å². The monoisotopic (exact) mass is 680 g/mol. The molecule has 0 N–H and O–H groups in total. The highest BCUT2D eigenvalue weighted by Gasteiger charge is 2.20. The van der Waals surface area contributed by atoms with Gasteiger partial charge in [0.2, 0.25) is 0 Å². The van der Waals surface area contributed by atoms with Crippen molar-refractivity contribution in [1.82, 2.24) is 14.5 Å². The van der Waals surface area contributed by atoms with Crippen LogP contribution in [-0.2, 0) is 0 Å². The van der Waals surface area contributed by atoms with Gasteiger partial charge in [-0.1, -0.05) is 127 Å². The van der Waals surface area contributed by atoms with Crippen molar-refractivity contribution in [2.75, 3.05) is 0 Å². The number of hydrogen-bond acceptors (Lipinski definition) is 3. The Hall–Kier alpha value is -6.87. The van der Waals surface area contributed by atoms with Crippen molar-refractivity contribution in [3.63, 3.8) is 0 Å². The first-order valence-corrected chi connectivity index (χ1v) is 18.0. The Morgan fingerprint density at radius 2 is 1.15 bits per heavy atom. The van der Waals surface area contributed by atoms with Crippen LogP contribution in [0, 0.1) is 6.57 Å². The highest BCUT2D eigenvalue weighted by atomic mass is 32.1. The standard InChI is InChI=1S/C47H28N4S/c1-48-39-21-11-8-18-35(39)32-26-33(41-29-40(30-14-4-2-5-15-30)49-47(50-41)31-16-6-3-7-17-31)28-34(27-32)51-42-22-12-9-20-38(42)45-43(51)25-24-37-36-19-10-13-23-44(36)52-46(37)45/h2-29H. The van der Waals surface area contributed by atoms with E-state index in [4.69, 9.17) is 16.5 Å². The van der Waals surface area contributed by atoms with E-state index in [2.05, 4.69) is 119 Å². The first-order valence-electron chi connectivity index (χ1n) is 17.2. The summed E-state index contributed by atoms with van der Waals surface area (Å²) >= 11 is 1.85. The number of aromatic nitrogens is 3. The number of nitrogens with zero attached hydrogens (tertiary/aromatic N) is 4. The van der Waals surface area contributed by atoms with Gasteiger partial charge in [-0.25, -0.2) is 14.8 Å². The molecular weight excluding hydrogens is 653 g/mol. The molecule has 3 heterocycles. The van der Waals surface area contributed by atoms with E-state index in [-0.39, 0.29) is 0 Å². The Balaban J connectivity index is 1.29. The van der Waals surface area contributed by atoms with Crippen LogP contribution < -0.4 is 0 Å². The lowest BCUT2D eigenvalue weighted by Crippen LogP contribution is -1.99. The van der Waals surface area contributed by atoms with Crippen molar-refractivity contribution < 1.29 is 0 Å². The molecule has 3 aromatic heterocycles. The van der Waals surface area contributed by atoms with E-state index in [1.54, 1.807) is 0 Å². The summed E-state index contributed by atoms with van der Waals surface area (Å²) in [5, 5.41) is 5.03. The number of rotatable bonds is 5. The topological polar surface area (TPSA) is 35.1 Å². The maximum Gasteiger partial charge on any atom is 0.194 e. The van der Waals surface area contributed by atoms with Crippen LogP contribution in [-0.4, -0.2) is 14.5 Å². The predicted octanol–water partition coefficient (Wildman–Crippen LogP) is 13.2. The van der Waals surface area contributed by atoms with E-state index >= 15 is 0 Å². The molecule has 0 aliphatic carbocycles. The molecule has 0 fully saturated rings. The molecule has 0 aliphatic rings. The van der Waals surface area contributed by atoms with Gasteiger partial charge in [-0.05, 0) is 53.6 Å². The molecule has 0 spiro atoms. The maximum atomic E-state index is 8.03. The van der Waals surface area contributed by atoms with Gasteiger partial charge in [-0.3, -0.25) is 0 Å². The van der Waals surface area contributed by atoms with E-state index in [1.807, 2.05) is 72.0 Å². The third-order valence-corrected chi connectivity index (χ3v) is 11.0. The zero-order chi connectivity index (χ0) is 34.6. The normalized spacial score (nSPS) is 11.4. The molecular formula is C47H28N4S. The zero-order valence-electron chi connectivity index (χ0n) is 27.9. The molecule has 0 amide bonds. The van der Waals surface area contributed by atoms with Crippen molar-refractivity contribution in [2.24, 2.45) is 0 Å². The van der Waals surface area contributed by atoms with Gasteiger partial charge in [0.25, 0.3) is 0 Å². The highest BCUT2D eigenvalue weighted by Crippen LogP contribution is 2.44. The quantitative estimate of drug-likeness (QED) is 0.170. The molecule has 0 bridgehead atoms. The van der Waals surface area contributed by atoms with Gasteiger partial charge in [-0.15, -0.1) is 11.3 Å². The molecule has 0 aliphatic heterocycles. The predicted molar refractivity (Wildman–Crippen MR) is 217 cm³/mol. The van der Waals surface area contributed by atoms with Gasteiger partial charge < -0.3 is 4.57 Å². The van der Waals surface area contributed by atoms with E-state index < -0.39 is 0 Å². The molecule has 52 heavy (non-hydrogen) atoms. The maximum absolute atomic E-state index is 8.03. The fraction of sp³-hybridized carbons (Fsp3) is 0. The summed E-state index contributed by atoms with van der Waals surface area (Å²) in [6.45, 7) is 8.03. The lowest BCUT2D eigenvalue weighted by Gasteiger charge is -2.15. The Morgan fingerprint density at radius 3 is 1.96 bits per heavy atom. The summed E-state index contributed by atoms with van der Waals surface area (Å²) in [7, 11) is 0. The van der Waals surface area contributed by atoms with E-state index in [0.29, 0.717) is 11.5 Å². The average molecular weight is 681 g/mol. The van der Waals surface area contributed by atoms with Crippen LogP contribution >= 0.6 is 11.3 Å². The van der Waals surface area contributed by atoms with Crippen molar-refractivity contribution >= 4 is 59.0 Å². The largest absolute Gasteiger partial charge is 0.309 e. The second-order valence-electron chi connectivity index (χ2n) is 12.9. The van der Waals surface area contributed by atoms with E-state index in [1.165, 1.54) is 30.9 Å². The van der Waals surface area contributed by atoms with E-state index in [9.17, 15) is 0 Å². The minimum Gasteiger partial charge on any atom is -0.309 e. The Kier molecular flexibility index (Phi) is 7.02. The lowest BCUT2D eigenvalue weighted by atomic mass is 9.98. The van der Waals surface area contributed by atoms with Gasteiger partial charge in [0.15, 0.2) is 11.5 Å². The van der Waals surface area contributed by atoms with Gasteiger partial charge >= 0.3 is 0 Å². The molecule has 0 unspecified atom stereocenters. The first-order chi connectivity index (χ1) is 25.7. The summed E-state index contributed by atoms with van der Waals surface area (Å²) in [5.41, 5.74) is 10.3. The summed E-state index contributed by atoms with van der Waals surface area (Å²) < 4.78 is 4.95. The van der Waals surface area contributed by atoms with Gasteiger partial charge in [0.05, 0.1) is 29.0 Å². The fourth-order valence-electron chi connectivity index (χ4n) is 7.44. The molecule has 5 heteroatoms. The average Bonchev–Trinajstić information content (AvgIpc) is 3.77. The van der Waals surface area contributed by atoms with Crippen LogP contribution in [0.3, 0.4) is 0 Å². The number of hydrogen-bond donors (Lipinski definition) is 0. The molecule has 0 saturated carbocycles. The van der Waals surface area contributed by atoms with Crippen LogP contribution in [0.15, 0.2) is 170 Å². The fourth-order valence-corrected chi connectivity index (χ4v) is 8.70. The number of fused-ring (bicyclic) bond motifs is 7. The third-order valence-electron chi connectivity index (χ3n) is 9.82. The molecule has 10 aromatic rings. The van der Waals surface area contributed by atoms with Gasteiger partial charge in [0.1, 0.15) is 0 Å². The van der Waals surface area contributed by atoms with Crippen molar-refractivity contribution in [1.29, 1.82) is 0 Å². The molecule has 7 aromatic carbocycles. The van der Waals surface area contributed by atoms with Crippen molar-refractivity contribution in [2.45, 2.75) is 0 Å². The minimum absolute atomic E-state index is 0.609. The van der Waals surface area contributed by atoms with Gasteiger partial charge in [0, 0.05) is 53.3 Å². The Morgan fingerprint density at radius 1 is 0.500 bits per heavy atom. The highest BCUT2D eigenvalue weighted by molar-refractivity contribution is 7.26. The smallest absolute Gasteiger partial charge is 0.194 e. The number of para-hydroxylation sites is 2. The molecule has 0 saturated heterocycles. The Bertz CT molecular complexity index is 2970. The SMILES string of the molecule is [C-]#[N+]c1ccccc1-c1cc(-c2cc(-c3ccccc3)nc(-c3ccccc3)n2)cc(-n2c3ccccc3c3c4sc5ccccc5c4ccc32)c1. The summed E-state index contributed by atoms with van der Waals surface area (Å²) in [6.07, 6.45) is 0. The van der Waals surface area contributed by atoms with Crippen molar-refractivity contribution in [3.8, 4) is 50.7 Å². The third kappa shape index (κ3) is 4.89. The number of thiophene rings is 1. The first kappa shape index (κ1) is 30.0. The molecule has 0 atom stereocenters. The second-order valence-corrected chi connectivity index (χ2v) is 13.9. The zero-order valence-corrected chi connectivity index (χ0v) is 28.7. The van der Waals surface area contributed by atoms with Crippen LogP contribution in [0.4, 0.5) is 5.69 Å². The van der Waals surface area contributed by atoms with Crippen LogP contribution in [0.2, 0.25) is 0 Å². The molecule has 4 nitrogen and oxygen atoms in total. The summed E-state index contributed by atoms with van der Waals surface area (Å²) in [6, 6.07) is 58.8. The van der Waals surface area contributed by atoms with Crippen LogP contribution in [0.25, 0.3) is 97.5 Å². The van der Waals surface area contributed by atoms with Gasteiger partial charge in [-0.2, -0.15) is 0 Å². The lowest BCUT2D eigenvalue weighted by molar-refractivity contribution is 1.16. The van der Waals surface area contributed by atoms with Crippen molar-refractivity contribution in [3.05, 3.63) is 181 Å². The molecule has 10 rings (SSSR count). The molecule has 0 radical (unpaired) electrons. The summed E-state index contributed by atoms with van der Waals surface area (Å²) in [5.74, 6) is 0.662. The van der Waals surface area contributed by atoms with E-state index in [0.717, 1.165) is 55.9 Å². The molecule has 242 valence electrons. The number of benzene rings is 7. The Labute approximate surface area is 304 Å². The second kappa shape index (κ2) is 12.2. The summed E-state index contributed by atoms with van der Waals surface area (Å²) in [4.78, 5) is 14.2. The van der Waals surface area contributed by atoms with Crippen LogP contribution in [0.1, 0.15) is 0 Å².